The van der Waals surface area contributed by atoms with Gasteiger partial charge in [-0.3, -0.25) is 4.79 Å². The highest BCUT2D eigenvalue weighted by Crippen LogP contribution is 2.52. The molecule has 0 bridgehead atoms. The number of thioether (sulfide) groups is 1. The van der Waals surface area contributed by atoms with Crippen molar-refractivity contribution in [2.75, 3.05) is 12.4 Å². The highest BCUT2D eigenvalue weighted by atomic mass is 32.2. The first kappa shape index (κ1) is 16.5. The lowest BCUT2D eigenvalue weighted by atomic mass is 9.89. The molecule has 0 aromatic heterocycles. The van der Waals surface area contributed by atoms with Crippen LogP contribution in [-0.2, 0) is 4.79 Å². The van der Waals surface area contributed by atoms with Crippen molar-refractivity contribution >= 4 is 17.7 Å². The number of hydrogen-bond acceptors (Lipinski definition) is 4. The number of hydrogen-bond donors (Lipinski definition) is 1. The molecule has 126 valence electrons. The van der Waals surface area contributed by atoms with Crippen LogP contribution in [0, 0.1) is 0 Å². The van der Waals surface area contributed by atoms with Gasteiger partial charge in [-0.2, -0.15) is 11.8 Å². The molecule has 1 heterocycles. The molecule has 23 heavy (non-hydrogen) atoms. The van der Waals surface area contributed by atoms with E-state index in [0.29, 0.717) is 12.4 Å². The summed E-state index contributed by atoms with van der Waals surface area (Å²) in [7, 11) is 0. The van der Waals surface area contributed by atoms with Gasteiger partial charge in [0.1, 0.15) is 17.1 Å². The van der Waals surface area contributed by atoms with E-state index in [9.17, 15) is 4.79 Å². The molecule has 1 saturated carbocycles. The summed E-state index contributed by atoms with van der Waals surface area (Å²) < 4.78 is 12.0. The van der Waals surface area contributed by atoms with Crippen LogP contribution < -0.4 is 9.47 Å². The molecular formula is C18H24O4S. The third-order valence-corrected chi connectivity index (χ3v) is 5.94. The number of ether oxygens (including phenoxy) is 2. The first-order valence-electron chi connectivity index (χ1n) is 8.41. The lowest BCUT2D eigenvalue weighted by Gasteiger charge is -2.40. The van der Waals surface area contributed by atoms with Gasteiger partial charge in [0.15, 0.2) is 0 Å². The molecule has 1 atom stereocenters. The molecule has 0 amide bonds. The monoisotopic (exact) mass is 336 g/mol. The van der Waals surface area contributed by atoms with Gasteiger partial charge in [-0.25, -0.2) is 0 Å². The summed E-state index contributed by atoms with van der Waals surface area (Å²) in [5, 5.41) is 9.19. The first-order chi connectivity index (χ1) is 11.1. The topological polar surface area (TPSA) is 55.8 Å². The van der Waals surface area contributed by atoms with Crippen molar-refractivity contribution in [2.45, 2.75) is 56.3 Å². The van der Waals surface area contributed by atoms with Gasteiger partial charge in [-0.1, -0.05) is 0 Å². The van der Waals surface area contributed by atoms with E-state index >= 15 is 0 Å². The molecule has 1 aromatic rings. The van der Waals surface area contributed by atoms with Gasteiger partial charge in [0, 0.05) is 23.0 Å². The second-order valence-corrected chi connectivity index (χ2v) is 7.64. The zero-order chi connectivity index (χ0) is 16.3. The summed E-state index contributed by atoms with van der Waals surface area (Å²) in [6.45, 7) is 2.61. The lowest BCUT2D eigenvalue weighted by molar-refractivity contribution is -0.136. The predicted octanol–water partition coefficient (Wildman–Crippen LogP) is 4.43. The number of carboxylic acid groups (broad SMARTS) is 1. The zero-order valence-corrected chi connectivity index (χ0v) is 14.4. The number of carboxylic acids is 1. The summed E-state index contributed by atoms with van der Waals surface area (Å²) >= 11 is 1.74. The third-order valence-electron chi connectivity index (χ3n) is 4.67. The van der Waals surface area contributed by atoms with Gasteiger partial charge in [0.2, 0.25) is 0 Å². The van der Waals surface area contributed by atoms with Crippen molar-refractivity contribution in [3.63, 3.8) is 0 Å². The van der Waals surface area contributed by atoms with Gasteiger partial charge in [-0.05, 0) is 50.8 Å². The van der Waals surface area contributed by atoms with E-state index in [-0.39, 0.29) is 17.3 Å². The van der Waals surface area contributed by atoms with Crippen LogP contribution in [0.1, 0.15) is 56.3 Å². The second kappa shape index (κ2) is 7.04. The van der Waals surface area contributed by atoms with Crippen LogP contribution in [0.15, 0.2) is 18.2 Å². The van der Waals surface area contributed by atoms with E-state index < -0.39 is 5.97 Å². The van der Waals surface area contributed by atoms with Crippen molar-refractivity contribution in [3.05, 3.63) is 23.8 Å². The molecule has 1 aromatic carbocycles. The molecule has 1 unspecified atom stereocenters. The maximum Gasteiger partial charge on any atom is 0.304 e. The molecule has 1 fully saturated rings. The average molecular weight is 336 g/mol. The Morgan fingerprint density at radius 1 is 1.43 bits per heavy atom. The van der Waals surface area contributed by atoms with Gasteiger partial charge >= 0.3 is 5.97 Å². The minimum Gasteiger partial charge on any atom is -0.494 e. The van der Waals surface area contributed by atoms with Crippen LogP contribution in [0.25, 0.3) is 0 Å². The van der Waals surface area contributed by atoms with Gasteiger partial charge in [0.05, 0.1) is 13.0 Å². The Bertz CT molecular complexity index is 566. The minimum atomic E-state index is -0.733. The standard InChI is InChI=1S/C18H24O4S/c1-2-21-13-5-6-15-14(11-13)16(23-10-7-17(19)20)12-18(22-15)8-3-4-9-18/h5-6,11,16H,2-4,7-10,12H2,1H3,(H,19,20). The average Bonchev–Trinajstić information content (AvgIpc) is 2.95. The summed E-state index contributed by atoms with van der Waals surface area (Å²) in [4.78, 5) is 10.8. The summed E-state index contributed by atoms with van der Waals surface area (Å²) in [6.07, 6.45) is 5.83. The van der Waals surface area contributed by atoms with Crippen LogP contribution in [0.2, 0.25) is 0 Å². The Kier molecular flexibility index (Phi) is 5.05. The molecule has 3 rings (SSSR count). The Balaban J connectivity index is 1.83. The number of aliphatic carboxylic acids is 1. The maximum atomic E-state index is 10.8. The molecule has 1 N–H and O–H groups in total. The quantitative estimate of drug-likeness (QED) is 0.833. The third kappa shape index (κ3) is 3.77. The second-order valence-electron chi connectivity index (χ2n) is 6.33. The van der Waals surface area contributed by atoms with Crippen LogP contribution in [-0.4, -0.2) is 29.0 Å². The Morgan fingerprint density at radius 2 is 2.22 bits per heavy atom. The normalized spacial score (nSPS) is 21.7. The van der Waals surface area contributed by atoms with E-state index in [2.05, 4.69) is 6.07 Å². The number of fused-ring (bicyclic) bond motifs is 1. The lowest BCUT2D eigenvalue weighted by Crippen LogP contribution is -2.37. The molecule has 0 radical (unpaired) electrons. The summed E-state index contributed by atoms with van der Waals surface area (Å²) in [5.41, 5.74) is 1.12. The van der Waals surface area contributed by atoms with Crippen molar-refractivity contribution in [1.82, 2.24) is 0 Å². The molecule has 2 aliphatic rings. The fourth-order valence-electron chi connectivity index (χ4n) is 3.61. The molecular weight excluding hydrogens is 312 g/mol. The van der Waals surface area contributed by atoms with Crippen LogP contribution >= 0.6 is 11.8 Å². The number of benzene rings is 1. The molecule has 5 heteroatoms. The van der Waals surface area contributed by atoms with Crippen LogP contribution in [0.5, 0.6) is 11.5 Å². The summed E-state index contributed by atoms with van der Waals surface area (Å²) in [6, 6.07) is 6.05. The Hall–Kier alpha value is -1.36. The Morgan fingerprint density at radius 3 is 2.91 bits per heavy atom. The van der Waals surface area contributed by atoms with Gasteiger partial charge in [0.25, 0.3) is 0 Å². The molecule has 1 aliphatic carbocycles. The van der Waals surface area contributed by atoms with Crippen molar-refractivity contribution in [1.29, 1.82) is 0 Å². The van der Waals surface area contributed by atoms with Crippen molar-refractivity contribution in [3.8, 4) is 11.5 Å². The Labute approximate surface area is 141 Å². The fourth-order valence-corrected chi connectivity index (χ4v) is 4.98. The molecule has 4 nitrogen and oxygen atoms in total. The van der Waals surface area contributed by atoms with Gasteiger partial charge in [-0.15, -0.1) is 0 Å². The largest absolute Gasteiger partial charge is 0.494 e. The van der Waals surface area contributed by atoms with Crippen LogP contribution in [0.4, 0.5) is 0 Å². The highest BCUT2D eigenvalue weighted by molar-refractivity contribution is 7.99. The number of carbonyl (C=O) groups is 1. The van der Waals surface area contributed by atoms with Gasteiger partial charge < -0.3 is 14.6 Å². The van der Waals surface area contributed by atoms with E-state index in [1.807, 2.05) is 19.1 Å². The molecule has 1 aliphatic heterocycles. The minimum absolute atomic E-state index is 0.0407. The zero-order valence-electron chi connectivity index (χ0n) is 13.5. The van der Waals surface area contributed by atoms with Crippen LogP contribution in [0.3, 0.4) is 0 Å². The van der Waals surface area contributed by atoms with Crippen molar-refractivity contribution < 1.29 is 19.4 Å². The fraction of sp³-hybridized carbons (Fsp3) is 0.611. The van der Waals surface area contributed by atoms with Crippen molar-refractivity contribution in [2.24, 2.45) is 0 Å². The highest BCUT2D eigenvalue weighted by Gasteiger charge is 2.43. The SMILES string of the molecule is CCOc1ccc2c(c1)C(SCCC(=O)O)CC1(CCCC1)O2. The molecule has 1 spiro atoms. The van der Waals surface area contributed by atoms with E-state index in [1.165, 1.54) is 12.8 Å². The predicted molar refractivity (Wildman–Crippen MR) is 91.5 cm³/mol. The maximum absolute atomic E-state index is 10.8. The van der Waals surface area contributed by atoms with E-state index in [1.54, 1.807) is 11.8 Å². The molecule has 0 saturated heterocycles. The summed E-state index contributed by atoms with van der Waals surface area (Å²) in [5.74, 6) is 1.72. The van der Waals surface area contributed by atoms with E-state index in [0.717, 1.165) is 36.3 Å². The first-order valence-corrected chi connectivity index (χ1v) is 9.46. The smallest absolute Gasteiger partial charge is 0.304 e. The number of rotatable bonds is 6. The van der Waals surface area contributed by atoms with E-state index in [4.69, 9.17) is 14.6 Å².